The van der Waals surface area contributed by atoms with Gasteiger partial charge < -0.3 is 9.84 Å². The molecule has 0 amide bonds. The quantitative estimate of drug-likeness (QED) is 0.850. The third-order valence-electron chi connectivity index (χ3n) is 2.81. The van der Waals surface area contributed by atoms with Gasteiger partial charge in [-0.05, 0) is 49.9 Å². The third-order valence-corrected chi connectivity index (χ3v) is 3.06. The van der Waals surface area contributed by atoms with Crippen LogP contribution < -0.4 is 4.74 Å². The Kier molecular flexibility index (Phi) is 5.03. The van der Waals surface area contributed by atoms with Crippen LogP contribution in [-0.4, -0.2) is 16.7 Å². The van der Waals surface area contributed by atoms with Gasteiger partial charge in [-0.25, -0.2) is 4.79 Å². The maximum atomic E-state index is 11.4. The molecule has 3 nitrogen and oxygen atoms in total. The van der Waals surface area contributed by atoms with E-state index in [0.717, 1.165) is 6.42 Å². The van der Waals surface area contributed by atoms with Gasteiger partial charge in [0.25, 0.3) is 0 Å². The van der Waals surface area contributed by atoms with E-state index in [0.29, 0.717) is 23.1 Å². The number of ether oxygens (including phenoxy) is 1. The van der Waals surface area contributed by atoms with Crippen LogP contribution in [-0.2, 0) is 4.79 Å². The number of rotatable bonds is 6. The molecule has 1 aromatic rings. The van der Waals surface area contributed by atoms with Crippen molar-refractivity contribution in [2.24, 2.45) is 5.92 Å². The predicted octanol–water partition coefficient (Wildman–Crippen LogP) is 4.00. The lowest BCUT2D eigenvalue weighted by atomic mass is 9.95. The average molecular weight is 271 g/mol. The van der Waals surface area contributed by atoms with Gasteiger partial charge in [-0.2, -0.15) is 0 Å². The molecule has 1 atom stereocenters. The van der Waals surface area contributed by atoms with E-state index in [4.69, 9.17) is 16.3 Å². The lowest BCUT2D eigenvalue weighted by molar-refractivity contribution is -0.154. The normalized spacial score (nSPS) is 14.3. The maximum absolute atomic E-state index is 11.4. The molecule has 0 aromatic heterocycles. The van der Waals surface area contributed by atoms with Crippen LogP contribution in [0.5, 0.6) is 5.75 Å². The van der Waals surface area contributed by atoms with E-state index in [2.05, 4.69) is 13.8 Å². The fourth-order valence-corrected chi connectivity index (χ4v) is 1.65. The van der Waals surface area contributed by atoms with Gasteiger partial charge in [0.15, 0.2) is 0 Å². The fourth-order valence-electron chi connectivity index (χ4n) is 1.53. The summed E-state index contributed by atoms with van der Waals surface area (Å²) in [6, 6.07) is 6.72. The average Bonchev–Trinajstić information content (AvgIpc) is 2.29. The monoisotopic (exact) mass is 270 g/mol. The second-order valence-corrected chi connectivity index (χ2v) is 5.46. The Morgan fingerprint density at radius 3 is 2.39 bits per heavy atom. The molecule has 4 heteroatoms. The van der Waals surface area contributed by atoms with Crippen LogP contribution in [0.15, 0.2) is 24.3 Å². The molecule has 18 heavy (non-hydrogen) atoms. The highest BCUT2D eigenvalue weighted by Gasteiger charge is 2.35. The third kappa shape index (κ3) is 4.22. The minimum Gasteiger partial charge on any atom is -0.478 e. The van der Waals surface area contributed by atoms with Crippen LogP contribution in [0.4, 0.5) is 0 Å². The first-order valence-corrected chi connectivity index (χ1v) is 6.39. The summed E-state index contributed by atoms with van der Waals surface area (Å²) >= 11 is 5.78. The van der Waals surface area contributed by atoms with Gasteiger partial charge in [-0.3, -0.25) is 0 Å². The van der Waals surface area contributed by atoms with Crippen molar-refractivity contribution in [3.05, 3.63) is 29.3 Å². The highest BCUT2D eigenvalue weighted by atomic mass is 35.5. The summed E-state index contributed by atoms with van der Waals surface area (Å²) in [4.78, 5) is 11.4. The highest BCUT2D eigenvalue weighted by Crippen LogP contribution is 2.26. The standard InChI is InChI=1S/C14H19ClO3/c1-10(2)8-9-14(3,13(16)17)18-12-6-4-11(15)5-7-12/h4-7,10H,8-9H2,1-3H3,(H,16,17). The second-order valence-electron chi connectivity index (χ2n) is 5.02. The molecule has 0 heterocycles. The summed E-state index contributed by atoms with van der Waals surface area (Å²) in [6.45, 7) is 5.72. The van der Waals surface area contributed by atoms with E-state index >= 15 is 0 Å². The van der Waals surface area contributed by atoms with Crippen molar-refractivity contribution in [3.8, 4) is 5.75 Å². The van der Waals surface area contributed by atoms with Crippen LogP contribution in [0.1, 0.15) is 33.6 Å². The van der Waals surface area contributed by atoms with Crippen LogP contribution in [0.2, 0.25) is 5.02 Å². The molecule has 0 bridgehead atoms. The summed E-state index contributed by atoms with van der Waals surface area (Å²) < 4.78 is 5.61. The number of hydrogen-bond acceptors (Lipinski definition) is 2. The van der Waals surface area contributed by atoms with Crippen LogP contribution in [0, 0.1) is 5.92 Å². The maximum Gasteiger partial charge on any atom is 0.347 e. The highest BCUT2D eigenvalue weighted by molar-refractivity contribution is 6.30. The summed E-state index contributed by atoms with van der Waals surface area (Å²) in [5.74, 6) is 0.0173. The molecular weight excluding hydrogens is 252 g/mol. The summed E-state index contributed by atoms with van der Waals surface area (Å²) in [5, 5.41) is 9.91. The second kappa shape index (κ2) is 6.10. The van der Waals surface area contributed by atoms with E-state index in [-0.39, 0.29) is 0 Å². The number of hydrogen-bond donors (Lipinski definition) is 1. The van der Waals surface area contributed by atoms with Gasteiger partial charge in [0, 0.05) is 5.02 Å². The van der Waals surface area contributed by atoms with Crippen molar-refractivity contribution in [2.75, 3.05) is 0 Å². The molecule has 100 valence electrons. The van der Waals surface area contributed by atoms with Gasteiger partial charge in [0.05, 0.1) is 0 Å². The van der Waals surface area contributed by atoms with E-state index in [1.807, 2.05) is 0 Å². The molecule has 0 aliphatic heterocycles. The van der Waals surface area contributed by atoms with Crippen molar-refractivity contribution in [2.45, 2.75) is 39.2 Å². The number of benzene rings is 1. The molecule has 0 radical (unpaired) electrons. The summed E-state index contributed by atoms with van der Waals surface area (Å²) in [6.07, 6.45) is 1.28. The molecule has 1 N–H and O–H groups in total. The van der Waals surface area contributed by atoms with Crippen molar-refractivity contribution in [3.63, 3.8) is 0 Å². The van der Waals surface area contributed by atoms with Gasteiger partial charge in [-0.1, -0.05) is 25.4 Å². The minimum absolute atomic E-state index is 0.442. The number of carboxylic acids is 1. The Balaban J connectivity index is 2.79. The van der Waals surface area contributed by atoms with E-state index in [1.54, 1.807) is 31.2 Å². The molecule has 0 aliphatic carbocycles. The largest absolute Gasteiger partial charge is 0.478 e. The van der Waals surface area contributed by atoms with Crippen LogP contribution in [0.25, 0.3) is 0 Å². The molecule has 0 fully saturated rings. The lowest BCUT2D eigenvalue weighted by Crippen LogP contribution is -2.41. The van der Waals surface area contributed by atoms with E-state index in [1.165, 1.54) is 0 Å². The van der Waals surface area contributed by atoms with Crippen LogP contribution in [0.3, 0.4) is 0 Å². The zero-order chi connectivity index (χ0) is 13.8. The number of carboxylic acid groups (broad SMARTS) is 1. The molecule has 0 spiro atoms. The van der Waals surface area contributed by atoms with Crippen LogP contribution >= 0.6 is 11.6 Å². The lowest BCUT2D eigenvalue weighted by Gasteiger charge is -2.27. The van der Waals surface area contributed by atoms with Crippen molar-refractivity contribution < 1.29 is 14.6 Å². The van der Waals surface area contributed by atoms with Crippen molar-refractivity contribution in [1.82, 2.24) is 0 Å². The fraction of sp³-hybridized carbons (Fsp3) is 0.500. The molecule has 0 saturated carbocycles. The Hall–Kier alpha value is -1.22. The van der Waals surface area contributed by atoms with Gasteiger partial charge in [0.2, 0.25) is 5.60 Å². The van der Waals surface area contributed by atoms with Gasteiger partial charge in [0.1, 0.15) is 5.75 Å². The molecular formula is C14H19ClO3. The molecule has 1 aromatic carbocycles. The number of carbonyl (C=O) groups is 1. The number of aliphatic carboxylic acids is 1. The minimum atomic E-state index is -1.20. The zero-order valence-electron chi connectivity index (χ0n) is 10.9. The Morgan fingerprint density at radius 2 is 1.94 bits per heavy atom. The number of halogens is 1. The van der Waals surface area contributed by atoms with E-state index in [9.17, 15) is 9.90 Å². The summed E-state index contributed by atoms with van der Waals surface area (Å²) in [5.41, 5.74) is -1.20. The van der Waals surface area contributed by atoms with Gasteiger partial charge in [-0.15, -0.1) is 0 Å². The smallest absolute Gasteiger partial charge is 0.347 e. The Morgan fingerprint density at radius 1 is 1.39 bits per heavy atom. The molecule has 0 saturated heterocycles. The predicted molar refractivity (Wildman–Crippen MR) is 72.2 cm³/mol. The Labute approximate surface area is 113 Å². The SMILES string of the molecule is CC(C)CCC(C)(Oc1ccc(Cl)cc1)C(=O)O. The van der Waals surface area contributed by atoms with Gasteiger partial charge >= 0.3 is 5.97 Å². The molecule has 0 aliphatic rings. The topological polar surface area (TPSA) is 46.5 Å². The van der Waals surface area contributed by atoms with E-state index < -0.39 is 11.6 Å². The zero-order valence-corrected chi connectivity index (χ0v) is 11.7. The first kappa shape index (κ1) is 14.8. The first-order chi connectivity index (χ1) is 8.33. The molecule has 1 unspecified atom stereocenters. The first-order valence-electron chi connectivity index (χ1n) is 6.01. The van der Waals surface area contributed by atoms with Crippen molar-refractivity contribution in [1.29, 1.82) is 0 Å². The summed E-state index contributed by atoms with van der Waals surface area (Å²) in [7, 11) is 0. The Bertz CT molecular complexity index is 400. The van der Waals surface area contributed by atoms with Crippen molar-refractivity contribution >= 4 is 17.6 Å². The molecule has 1 rings (SSSR count).